The Morgan fingerprint density at radius 2 is 2.00 bits per heavy atom. The number of rotatable bonds is 4. The van der Waals surface area contributed by atoms with Crippen molar-refractivity contribution >= 4 is 10.8 Å². The molecule has 2 aliphatic heterocycles. The molecule has 3 nitrogen and oxygen atoms in total. The Kier molecular flexibility index (Phi) is 3.32. The predicted octanol–water partition coefficient (Wildman–Crippen LogP) is 3.26. The Hall–Kier alpha value is -1.58. The zero-order chi connectivity index (χ0) is 14.2. The van der Waals surface area contributed by atoms with Crippen LogP contribution in [0.4, 0.5) is 0 Å². The first kappa shape index (κ1) is 13.1. The minimum Gasteiger partial charge on any atom is -0.497 e. The molecule has 1 N–H and O–H groups in total. The highest BCUT2D eigenvalue weighted by molar-refractivity contribution is 5.84. The van der Waals surface area contributed by atoms with Gasteiger partial charge in [-0.05, 0) is 53.8 Å². The van der Waals surface area contributed by atoms with Crippen molar-refractivity contribution in [3.63, 3.8) is 0 Å². The third kappa shape index (κ3) is 2.52. The van der Waals surface area contributed by atoms with E-state index in [2.05, 4.69) is 35.6 Å². The summed E-state index contributed by atoms with van der Waals surface area (Å²) in [4.78, 5) is 0. The SMILES string of the molecule is COc1ccc2cc(CNC3CC4CCC3O4)ccc2c1. The molecule has 3 atom stereocenters. The standard InChI is InChI=1S/C18H21NO2/c1-20-15-5-4-13-8-12(2-3-14(13)9-15)11-19-17-10-16-6-7-18(17)21-16/h2-5,8-9,16-19H,6-7,10-11H2,1H3. The summed E-state index contributed by atoms with van der Waals surface area (Å²) in [7, 11) is 1.71. The molecule has 21 heavy (non-hydrogen) atoms. The molecule has 0 spiro atoms. The summed E-state index contributed by atoms with van der Waals surface area (Å²) in [5, 5.41) is 6.15. The first-order valence-corrected chi connectivity index (χ1v) is 7.77. The molecule has 2 saturated heterocycles. The van der Waals surface area contributed by atoms with Crippen molar-refractivity contribution in [3.05, 3.63) is 42.0 Å². The summed E-state index contributed by atoms with van der Waals surface area (Å²) in [5.41, 5.74) is 1.33. The van der Waals surface area contributed by atoms with Gasteiger partial charge in [-0.25, -0.2) is 0 Å². The molecule has 0 aliphatic carbocycles. The first-order chi connectivity index (χ1) is 10.3. The van der Waals surface area contributed by atoms with Crippen LogP contribution in [0.25, 0.3) is 10.8 Å². The summed E-state index contributed by atoms with van der Waals surface area (Å²) in [6.07, 6.45) is 4.60. The summed E-state index contributed by atoms with van der Waals surface area (Å²) in [6.45, 7) is 0.916. The molecule has 110 valence electrons. The van der Waals surface area contributed by atoms with Crippen molar-refractivity contribution in [1.82, 2.24) is 5.32 Å². The fourth-order valence-corrected chi connectivity index (χ4v) is 3.61. The van der Waals surface area contributed by atoms with Gasteiger partial charge >= 0.3 is 0 Å². The monoisotopic (exact) mass is 283 g/mol. The number of ether oxygens (including phenoxy) is 2. The normalized spacial score (nSPS) is 27.4. The minimum atomic E-state index is 0.444. The molecular formula is C18H21NO2. The number of hydrogen-bond donors (Lipinski definition) is 1. The highest BCUT2D eigenvalue weighted by Crippen LogP contribution is 2.34. The van der Waals surface area contributed by atoms with Crippen LogP contribution in [-0.4, -0.2) is 25.4 Å². The highest BCUT2D eigenvalue weighted by atomic mass is 16.5. The van der Waals surface area contributed by atoms with Gasteiger partial charge in [0.1, 0.15) is 5.75 Å². The Morgan fingerprint density at radius 1 is 1.14 bits per heavy atom. The van der Waals surface area contributed by atoms with E-state index in [0.29, 0.717) is 18.2 Å². The van der Waals surface area contributed by atoms with Crippen LogP contribution in [0.3, 0.4) is 0 Å². The molecule has 0 radical (unpaired) electrons. The molecule has 2 heterocycles. The maximum atomic E-state index is 5.89. The van der Waals surface area contributed by atoms with Crippen LogP contribution in [0.1, 0.15) is 24.8 Å². The predicted molar refractivity (Wildman–Crippen MR) is 83.6 cm³/mol. The van der Waals surface area contributed by atoms with E-state index in [1.165, 1.54) is 35.6 Å². The van der Waals surface area contributed by atoms with Crippen LogP contribution in [0.5, 0.6) is 5.75 Å². The number of methoxy groups -OCH3 is 1. The maximum Gasteiger partial charge on any atom is 0.119 e. The van der Waals surface area contributed by atoms with Gasteiger partial charge in [0.2, 0.25) is 0 Å². The van der Waals surface area contributed by atoms with Gasteiger partial charge in [0, 0.05) is 12.6 Å². The summed E-state index contributed by atoms with van der Waals surface area (Å²) >= 11 is 0. The molecule has 3 unspecified atom stereocenters. The molecule has 2 fully saturated rings. The summed E-state index contributed by atoms with van der Waals surface area (Å²) in [5.74, 6) is 0.910. The van der Waals surface area contributed by atoms with Crippen molar-refractivity contribution in [2.75, 3.05) is 7.11 Å². The quantitative estimate of drug-likeness (QED) is 0.934. The van der Waals surface area contributed by atoms with Crippen LogP contribution >= 0.6 is 0 Å². The molecule has 2 aliphatic rings. The number of nitrogens with one attached hydrogen (secondary N) is 1. The van der Waals surface area contributed by atoms with E-state index < -0.39 is 0 Å². The van der Waals surface area contributed by atoms with E-state index in [0.717, 1.165) is 12.3 Å². The Morgan fingerprint density at radius 3 is 2.76 bits per heavy atom. The average Bonchev–Trinajstić information content (AvgIpc) is 3.15. The topological polar surface area (TPSA) is 30.5 Å². The second-order valence-electron chi connectivity index (χ2n) is 6.14. The Balaban J connectivity index is 1.46. The number of hydrogen-bond acceptors (Lipinski definition) is 3. The van der Waals surface area contributed by atoms with Gasteiger partial charge in [0.25, 0.3) is 0 Å². The molecule has 2 aromatic carbocycles. The van der Waals surface area contributed by atoms with E-state index in [4.69, 9.17) is 9.47 Å². The number of fused-ring (bicyclic) bond motifs is 3. The van der Waals surface area contributed by atoms with E-state index in [1.54, 1.807) is 7.11 Å². The van der Waals surface area contributed by atoms with Gasteiger partial charge in [-0.2, -0.15) is 0 Å². The Labute approximate surface area is 125 Å². The van der Waals surface area contributed by atoms with Gasteiger partial charge in [-0.3, -0.25) is 0 Å². The highest BCUT2D eigenvalue weighted by Gasteiger charge is 2.40. The minimum absolute atomic E-state index is 0.444. The van der Waals surface area contributed by atoms with Gasteiger partial charge in [-0.15, -0.1) is 0 Å². The van der Waals surface area contributed by atoms with Crippen LogP contribution in [0.15, 0.2) is 36.4 Å². The van der Waals surface area contributed by atoms with E-state index in [-0.39, 0.29) is 0 Å². The molecule has 3 heteroatoms. The molecule has 4 rings (SSSR count). The largest absolute Gasteiger partial charge is 0.497 e. The van der Waals surface area contributed by atoms with E-state index >= 15 is 0 Å². The second-order valence-corrected chi connectivity index (χ2v) is 6.14. The zero-order valence-electron chi connectivity index (χ0n) is 12.3. The van der Waals surface area contributed by atoms with E-state index in [9.17, 15) is 0 Å². The fourth-order valence-electron chi connectivity index (χ4n) is 3.61. The lowest BCUT2D eigenvalue weighted by atomic mass is 9.95. The Bertz CT molecular complexity index is 655. The molecule has 2 bridgehead atoms. The summed E-state index contributed by atoms with van der Waals surface area (Å²) in [6, 6.07) is 13.4. The molecule has 0 amide bonds. The lowest BCUT2D eigenvalue weighted by molar-refractivity contribution is 0.0973. The van der Waals surface area contributed by atoms with Crippen LogP contribution in [0.2, 0.25) is 0 Å². The van der Waals surface area contributed by atoms with Crippen LogP contribution in [0, 0.1) is 0 Å². The lowest BCUT2D eigenvalue weighted by Crippen LogP contribution is -2.36. The third-order valence-electron chi connectivity index (χ3n) is 4.79. The average molecular weight is 283 g/mol. The van der Waals surface area contributed by atoms with Crippen molar-refractivity contribution in [1.29, 1.82) is 0 Å². The van der Waals surface area contributed by atoms with Crippen molar-refractivity contribution in [2.45, 2.75) is 44.1 Å². The second kappa shape index (κ2) is 5.32. The fraction of sp³-hybridized carbons (Fsp3) is 0.444. The van der Waals surface area contributed by atoms with Gasteiger partial charge < -0.3 is 14.8 Å². The lowest BCUT2D eigenvalue weighted by Gasteiger charge is -2.20. The van der Waals surface area contributed by atoms with Crippen molar-refractivity contribution in [3.8, 4) is 5.75 Å². The smallest absolute Gasteiger partial charge is 0.119 e. The van der Waals surface area contributed by atoms with Gasteiger partial charge in [-0.1, -0.05) is 18.2 Å². The molecule has 0 saturated carbocycles. The zero-order valence-corrected chi connectivity index (χ0v) is 12.3. The van der Waals surface area contributed by atoms with Crippen molar-refractivity contribution < 1.29 is 9.47 Å². The van der Waals surface area contributed by atoms with Gasteiger partial charge in [0.05, 0.1) is 19.3 Å². The van der Waals surface area contributed by atoms with Crippen molar-refractivity contribution in [2.24, 2.45) is 0 Å². The number of benzene rings is 2. The third-order valence-corrected chi connectivity index (χ3v) is 4.79. The van der Waals surface area contributed by atoms with Crippen LogP contribution in [-0.2, 0) is 11.3 Å². The molecule has 2 aromatic rings. The van der Waals surface area contributed by atoms with Crippen LogP contribution < -0.4 is 10.1 Å². The van der Waals surface area contributed by atoms with Gasteiger partial charge in [0.15, 0.2) is 0 Å². The maximum absolute atomic E-state index is 5.89. The molecular weight excluding hydrogens is 262 g/mol. The van der Waals surface area contributed by atoms with E-state index in [1.807, 2.05) is 6.07 Å². The summed E-state index contributed by atoms with van der Waals surface area (Å²) < 4.78 is 11.2. The molecule has 0 aromatic heterocycles. The first-order valence-electron chi connectivity index (χ1n) is 7.77.